The molecule has 5 aromatic carbocycles. The number of piperidine rings is 2. The van der Waals surface area contributed by atoms with Gasteiger partial charge in [-0.3, -0.25) is 24.2 Å². The third-order valence-corrected chi connectivity index (χ3v) is 17.5. The fourth-order valence-corrected chi connectivity index (χ4v) is 12.3. The number of nitrogens with zero attached hydrogens (tertiary/aromatic N) is 3. The Morgan fingerprint density at radius 3 is 1.42 bits per heavy atom. The Hall–Kier alpha value is -9.93. The van der Waals surface area contributed by atoms with Crippen LogP contribution >= 0.6 is 0 Å². The summed E-state index contributed by atoms with van der Waals surface area (Å²) in [6, 6.07) is 28.7. The highest BCUT2D eigenvalue weighted by molar-refractivity contribution is 5.90. The predicted octanol–water partition coefficient (Wildman–Crippen LogP) is 10.0. The van der Waals surface area contributed by atoms with Gasteiger partial charge in [0, 0.05) is 38.6 Å². The van der Waals surface area contributed by atoms with E-state index in [1.54, 1.807) is 104 Å². The van der Waals surface area contributed by atoms with Crippen molar-refractivity contribution in [3.05, 3.63) is 149 Å². The van der Waals surface area contributed by atoms with E-state index in [4.69, 9.17) is 56.8 Å². The minimum absolute atomic E-state index is 0.0810. The largest absolute Gasteiger partial charge is 0.493 e. The highest BCUT2D eigenvalue weighted by Crippen LogP contribution is 2.43. The lowest BCUT2D eigenvalue weighted by Crippen LogP contribution is -2.50. The number of hydrogen-bond donors (Lipinski definition) is 2. The standard InChI is InChI=1S/C74H91N5O18/c1-11-56(53-42-65(90-7)70(93-10)66(43-53)91-8)72(83)79-36-15-13-25-58(79)74(85)96-59(29-26-48-27-31-61(86-3)62(37-48)87-4)50-20-16-22-54(38-50)94-45-67(80)76-33-34-77-68(81)46-95-55-23-17-21-51(39-55)60(30-28-49-19-18-32-75-44-49)97-73(84)57-24-12-14-35-78(57)71(82)47(2)52-40-63(88-5)69(92-9)64(41-52)89-6/h16-23,27,31-32,37-44,47,56-60H,11-15,24-26,28-30,33-36,45-46H2,1-10H3,(H,76,80)(H,77,81)/t47?,56?,57-,58-,59?,60?/m0/s1. The van der Waals surface area contributed by atoms with E-state index in [-0.39, 0.29) is 38.1 Å². The van der Waals surface area contributed by atoms with Gasteiger partial charge in [-0.2, -0.15) is 0 Å². The molecule has 6 aromatic rings. The minimum Gasteiger partial charge on any atom is -0.493 e. The molecule has 0 spiro atoms. The molecule has 2 aliphatic heterocycles. The molecule has 97 heavy (non-hydrogen) atoms. The predicted molar refractivity (Wildman–Crippen MR) is 360 cm³/mol. The average molecular weight is 1340 g/mol. The SMILES string of the molecule is CCC(C(=O)N1CCCC[C@H]1C(=O)OC(CCc1ccc(OC)c(OC)c1)c1cccc(OCC(=O)NCCNC(=O)COc2cccc(C(CCc3cccnc3)OC(=O)[C@@H]3CCCCN3C(=O)C(C)c3cc(OC)c(OC)c(OC)c3)c2)c1)c1cc(OC)c(OC)c(OC)c1. The summed E-state index contributed by atoms with van der Waals surface area (Å²) in [6.07, 6.45) is 7.79. The number of pyridine rings is 1. The second-order valence-corrected chi connectivity index (χ2v) is 23.6. The monoisotopic (exact) mass is 1340 g/mol. The number of likely N-dealkylation sites (tertiary alicyclic amines) is 2. The molecule has 0 saturated carbocycles. The van der Waals surface area contributed by atoms with Crippen LogP contribution in [0.4, 0.5) is 0 Å². The Balaban J connectivity index is 0.862. The van der Waals surface area contributed by atoms with Crippen LogP contribution < -0.4 is 58.0 Å². The maximum Gasteiger partial charge on any atom is 0.329 e. The fourth-order valence-electron chi connectivity index (χ4n) is 12.3. The lowest BCUT2D eigenvalue weighted by atomic mass is 9.91. The van der Waals surface area contributed by atoms with E-state index in [0.717, 1.165) is 30.4 Å². The summed E-state index contributed by atoms with van der Waals surface area (Å²) >= 11 is 0. The first-order valence-corrected chi connectivity index (χ1v) is 32.8. The quantitative estimate of drug-likeness (QED) is 0.0281. The number of hydrogen-bond acceptors (Lipinski definition) is 19. The molecule has 1 aromatic heterocycles. The zero-order valence-corrected chi connectivity index (χ0v) is 57.1. The number of amides is 4. The zero-order chi connectivity index (χ0) is 69.4. The van der Waals surface area contributed by atoms with Crippen LogP contribution in [0.25, 0.3) is 0 Å². The summed E-state index contributed by atoms with van der Waals surface area (Å²) in [5.74, 6) is 0.589. The van der Waals surface area contributed by atoms with Crippen molar-refractivity contribution < 1.29 is 85.6 Å². The molecule has 23 nitrogen and oxygen atoms in total. The van der Waals surface area contributed by atoms with Crippen LogP contribution in [0, 0.1) is 0 Å². The molecule has 8 rings (SSSR count). The molecule has 2 fully saturated rings. The maximum absolute atomic E-state index is 14.6. The molecule has 4 amide bonds. The number of aromatic nitrogens is 1. The number of ether oxygens (including phenoxy) is 12. The van der Waals surface area contributed by atoms with Crippen LogP contribution in [-0.2, 0) is 51.1 Å². The smallest absolute Gasteiger partial charge is 0.329 e. The molecule has 0 bridgehead atoms. The summed E-state index contributed by atoms with van der Waals surface area (Å²) in [7, 11) is 12.2. The Labute approximate surface area is 567 Å². The van der Waals surface area contributed by atoms with Crippen molar-refractivity contribution in [3.8, 4) is 57.5 Å². The van der Waals surface area contributed by atoms with Crippen LogP contribution in [0.2, 0.25) is 0 Å². The molecule has 2 saturated heterocycles. The Morgan fingerprint density at radius 1 is 0.495 bits per heavy atom. The minimum atomic E-state index is -0.855. The topological polar surface area (TPSA) is 257 Å². The van der Waals surface area contributed by atoms with Crippen molar-refractivity contribution in [2.24, 2.45) is 0 Å². The number of aryl methyl sites for hydroxylation is 2. The summed E-state index contributed by atoms with van der Waals surface area (Å²) in [5, 5.41) is 5.53. The first-order chi connectivity index (χ1) is 47.1. The first kappa shape index (κ1) is 72.9. The van der Waals surface area contributed by atoms with Gasteiger partial charge >= 0.3 is 11.9 Å². The molecular weight excluding hydrogens is 1250 g/mol. The van der Waals surface area contributed by atoms with E-state index in [0.29, 0.717) is 144 Å². The molecule has 0 radical (unpaired) electrons. The fraction of sp³-hybridized carbons (Fsp3) is 0.446. The van der Waals surface area contributed by atoms with Gasteiger partial charge < -0.3 is 77.3 Å². The third kappa shape index (κ3) is 19.2. The van der Waals surface area contributed by atoms with Crippen molar-refractivity contribution in [1.29, 1.82) is 0 Å². The number of nitrogens with one attached hydrogen (secondary N) is 2. The third-order valence-electron chi connectivity index (χ3n) is 17.5. The summed E-state index contributed by atoms with van der Waals surface area (Å²) in [4.78, 5) is 91.8. The van der Waals surface area contributed by atoms with Crippen molar-refractivity contribution in [3.63, 3.8) is 0 Å². The number of rotatable bonds is 34. The second-order valence-electron chi connectivity index (χ2n) is 23.6. The molecule has 4 unspecified atom stereocenters. The Bertz CT molecular complexity index is 3580. The number of benzene rings is 5. The van der Waals surface area contributed by atoms with Crippen LogP contribution in [0.15, 0.2) is 116 Å². The van der Waals surface area contributed by atoms with Crippen molar-refractivity contribution >= 4 is 35.6 Å². The maximum atomic E-state index is 14.6. The van der Waals surface area contributed by atoms with E-state index >= 15 is 0 Å². The van der Waals surface area contributed by atoms with Gasteiger partial charge in [-0.15, -0.1) is 0 Å². The number of methoxy groups -OCH3 is 8. The summed E-state index contributed by atoms with van der Waals surface area (Å²) < 4.78 is 69.2. The van der Waals surface area contributed by atoms with Crippen LogP contribution in [-0.4, -0.2) is 159 Å². The average Bonchev–Trinajstić information content (AvgIpc) is 0.818. The van der Waals surface area contributed by atoms with Crippen molar-refractivity contribution in [1.82, 2.24) is 25.4 Å². The van der Waals surface area contributed by atoms with Gasteiger partial charge in [0.25, 0.3) is 11.8 Å². The van der Waals surface area contributed by atoms with Gasteiger partial charge in [0.15, 0.2) is 47.7 Å². The van der Waals surface area contributed by atoms with Gasteiger partial charge in [-0.05, 0) is 178 Å². The van der Waals surface area contributed by atoms with Gasteiger partial charge in [0.05, 0.1) is 68.7 Å². The van der Waals surface area contributed by atoms with Gasteiger partial charge in [0.2, 0.25) is 23.3 Å². The lowest BCUT2D eigenvalue weighted by molar-refractivity contribution is -0.162. The molecule has 6 atom stereocenters. The molecule has 2 N–H and O–H groups in total. The summed E-state index contributed by atoms with van der Waals surface area (Å²) in [6.45, 7) is 3.90. The van der Waals surface area contributed by atoms with Crippen molar-refractivity contribution in [2.75, 3.05) is 96.3 Å². The van der Waals surface area contributed by atoms with Gasteiger partial charge in [-0.1, -0.05) is 43.3 Å². The van der Waals surface area contributed by atoms with E-state index in [1.165, 1.54) is 42.7 Å². The van der Waals surface area contributed by atoms with Crippen molar-refractivity contribution in [2.45, 2.75) is 121 Å². The zero-order valence-electron chi connectivity index (χ0n) is 57.1. The lowest BCUT2D eigenvalue weighted by Gasteiger charge is -2.37. The van der Waals surface area contributed by atoms with E-state index in [1.807, 2.05) is 49.4 Å². The first-order valence-electron chi connectivity index (χ1n) is 32.8. The van der Waals surface area contributed by atoms with Crippen LogP contribution in [0.3, 0.4) is 0 Å². The summed E-state index contributed by atoms with van der Waals surface area (Å²) in [5.41, 5.74) is 4.39. The molecule has 520 valence electrons. The van der Waals surface area contributed by atoms with Crippen LogP contribution in [0.5, 0.6) is 57.5 Å². The normalized spacial score (nSPS) is 15.6. The molecular formula is C74H91N5O18. The number of esters is 2. The molecule has 23 heteroatoms. The van der Waals surface area contributed by atoms with E-state index in [9.17, 15) is 28.8 Å². The molecule has 0 aliphatic carbocycles. The highest BCUT2D eigenvalue weighted by atomic mass is 16.6. The molecule has 3 heterocycles. The number of carbonyl (C=O) groups is 6. The number of carbonyl (C=O) groups excluding carboxylic acids is 6. The Kier molecular flexibility index (Phi) is 27.2. The second kappa shape index (κ2) is 36.3. The van der Waals surface area contributed by atoms with E-state index < -0.39 is 59.9 Å². The van der Waals surface area contributed by atoms with E-state index in [2.05, 4.69) is 15.6 Å². The van der Waals surface area contributed by atoms with Gasteiger partial charge in [-0.25, -0.2) is 9.59 Å². The van der Waals surface area contributed by atoms with Gasteiger partial charge in [0.1, 0.15) is 35.8 Å². The van der Waals surface area contributed by atoms with Crippen LogP contribution in [0.1, 0.15) is 129 Å². The highest BCUT2D eigenvalue weighted by Gasteiger charge is 2.40. The Morgan fingerprint density at radius 2 is 0.969 bits per heavy atom. The molecule has 2 aliphatic rings.